The van der Waals surface area contributed by atoms with Crippen LogP contribution >= 0.6 is 15.9 Å². The van der Waals surface area contributed by atoms with E-state index in [1.807, 2.05) is 24.3 Å². The summed E-state index contributed by atoms with van der Waals surface area (Å²) in [7, 11) is 0. The lowest BCUT2D eigenvalue weighted by Crippen LogP contribution is -1.78. The molecule has 0 fully saturated rings. The van der Waals surface area contributed by atoms with Crippen LogP contribution in [0, 0.1) is 12.3 Å². The first-order valence-electron chi connectivity index (χ1n) is 3.01. The van der Waals surface area contributed by atoms with Crippen LogP contribution in [0.1, 0.15) is 5.56 Å². The van der Waals surface area contributed by atoms with Crippen molar-refractivity contribution in [2.75, 3.05) is 0 Å². The second-order valence-electron chi connectivity index (χ2n) is 2.01. The first-order valence-corrected chi connectivity index (χ1v) is 3.80. The Bertz CT molecular complexity index is 240. The maximum absolute atomic E-state index is 5.14. The first kappa shape index (κ1) is 7.37. The number of rotatable bonds is 1. The molecule has 0 saturated heterocycles. The molecule has 1 aromatic rings. The summed E-state index contributed by atoms with van der Waals surface area (Å²) in [6.07, 6.45) is 5.85. The molecule has 0 aliphatic heterocycles. The Hall–Kier alpha value is -0.740. The lowest BCUT2D eigenvalue weighted by atomic mass is 10.2. The fraction of sp³-hybridized carbons (Fsp3) is 0.111. The Balaban J connectivity index is 2.81. The van der Waals surface area contributed by atoms with E-state index in [-0.39, 0.29) is 0 Å². The molecule has 1 rings (SSSR count). The molecule has 0 spiro atoms. The van der Waals surface area contributed by atoms with E-state index < -0.39 is 0 Å². The average molecular weight is 195 g/mol. The number of benzene rings is 1. The number of terminal acetylenes is 1. The highest BCUT2D eigenvalue weighted by molar-refractivity contribution is 9.10. The molecule has 0 heterocycles. The van der Waals surface area contributed by atoms with Crippen LogP contribution in [0.25, 0.3) is 0 Å². The van der Waals surface area contributed by atoms with Crippen LogP contribution in [0.2, 0.25) is 0 Å². The molecular formula is C9H7Br. The van der Waals surface area contributed by atoms with Crippen LogP contribution in [-0.4, -0.2) is 0 Å². The van der Waals surface area contributed by atoms with Crippen molar-refractivity contribution < 1.29 is 0 Å². The summed E-state index contributed by atoms with van der Waals surface area (Å²) < 4.78 is 1.09. The Labute approximate surface area is 69.4 Å². The van der Waals surface area contributed by atoms with Crippen LogP contribution in [0.4, 0.5) is 0 Å². The van der Waals surface area contributed by atoms with E-state index in [2.05, 4.69) is 21.9 Å². The summed E-state index contributed by atoms with van der Waals surface area (Å²) in [5.74, 6) is 2.59. The Kier molecular flexibility index (Phi) is 2.53. The second-order valence-corrected chi connectivity index (χ2v) is 2.92. The summed E-state index contributed by atoms with van der Waals surface area (Å²) in [5, 5.41) is 0. The van der Waals surface area contributed by atoms with Gasteiger partial charge in [-0.05, 0) is 17.7 Å². The Morgan fingerprint density at radius 3 is 2.40 bits per heavy atom. The van der Waals surface area contributed by atoms with Crippen molar-refractivity contribution >= 4 is 15.9 Å². The number of hydrogen-bond donors (Lipinski definition) is 0. The van der Waals surface area contributed by atoms with Gasteiger partial charge >= 0.3 is 0 Å². The zero-order valence-corrected chi connectivity index (χ0v) is 7.06. The zero-order chi connectivity index (χ0) is 7.40. The monoisotopic (exact) mass is 194 g/mol. The summed E-state index contributed by atoms with van der Waals surface area (Å²) in [6.45, 7) is 0. The van der Waals surface area contributed by atoms with E-state index in [1.165, 1.54) is 5.56 Å². The fourth-order valence-corrected chi connectivity index (χ4v) is 0.984. The quantitative estimate of drug-likeness (QED) is 0.604. The van der Waals surface area contributed by atoms with Gasteiger partial charge in [-0.2, -0.15) is 0 Å². The molecule has 1 aromatic carbocycles. The van der Waals surface area contributed by atoms with Gasteiger partial charge in [0.05, 0.1) is 0 Å². The van der Waals surface area contributed by atoms with Crippen LogP contribution < -0.4 is 0 Å². The molecule has 0 radical (unpaired) electrons. The van der Waals surface area contributed by atoms with Gasteiger partial charge in [-0.25, -0.2) is 0 Å². The minimum absolute atomic E-state index is 0.716. The van der Waals surface area contributed by atoms with Crippen molar-refractivity contribution in [2.24, 2.45) is 0 Å². The largest absolute Gasteiger partial charge is 0.120 e. The van der Waals surface area contributed by atoms with E-state index in [0.717, 1.165) is 4.47 Å². The minimum Gasteiger partial charge on any atom is -0.120 e. The highest BCUT2D eigenvalue weighted by Gasteiger charge is 1.87. The van der Waals surface area contributed by atoms with Crippen molar-refractivity contribution in [1.29, 1.82) is 0 Å². The second kappa shape index (κ2) is 3.43. The lowest BCUT2D eigenvalue weighted by Gasteiger charge is -1.93. The summed E-state index contributed by atoms with van der Waals surface area (Å²) in [4.78, 5) is 0. The van der Waals surface area contributed by atoms with E-state index in [4.69, 9.17) is 6.42 Å². The molecule has 50 valence electrons. The smallest absolute Gasteiger partial charge is 0.0337 e. The number of halogens is 1. The van der Waals surface area contributed by atoms with Gasteiger partial charge in [0.15, 0.2) is 0 Å². The van der Waals surface area contributed by atoms with Crippen molar-refractivity contribution in [3.63, 3.8) is 0 Å². The third-order valence-corrected chi connectivity index (χ3v) is 1.75. The Morgan fingerprint density at radius 2 is 1.90 bits per heavy atom. The molecule has 0 aliphatic carbocycles. The van der Waals surface area contributed by atoms with Crippen molar-refractivity contribution in [3.8, 4) is 12.3 Å². The summed E-state index contributed by atoms with van der Waals surface area (Å²) in [5.41, 5.74) is 1.19. The predicted octanol–water partition coefficient (Wildman–Crippen LogP) is 2.62. The van der Waals surface area contributed by atoms with Crippen LogP contribution in [0.3, 0.4) is 0 Å². The summed E-state index contributed by atoms with van der Waals surface area (Å²) >= 11 is 3.34. The van der Waals surface area contributed by atoms with Gasteiger partial charge < -0.3 is 0 Å². The van der Waals surface area contributed by atoms with E-state index in [1.54, 1.807) is 0 Å². The van der Waals surface area contributed by atoms with Crippen molar-refractivity contribution in [3.05, 3.63) is 34.3 Å². The van der Waals surface area contributed by atoms with Gasteiger partial charge in [-0.15, -0.1) is 12.3 Å². The summed E-state index contributed by atoms with van der Waals surface area (Å²) in [6, 6.07) is 8.02. The normalized spacial score (nSPS) is 8.80. The fourth-order valence-electron chi connectivity index (χ4n) is 0.720. The van der Waals surface area contributed by atoms with Gasteiger partial charge in [0.25, 0.3) is 0 Å². The average Bonchev–Trinajstić information content (AvgIpc) is 1.95. The molecule has 0 aliphatic rings. The van der Waals surface area contributed by atoms with Crippen molar-refractivity contribution in [2.45, 2.75) is 6.42 Å². The third kappa shape index (κ3) is 1.89. The lowest BCUT2D eigenvalue weighted by molar-refractivity contribution is 1.32. The molecule has 0 saturated carbocycles. The minimum atomic E-state index is 0.716. The van der Waals surface area contributed by atoms with Crippen LogP contribution in [0.5, 0.6) is 0 Å². The molecule has 0 aromatic heterocycles. The van der Waals surface area contributed by atoms with E-state index in [9.17, 15) is 0 Å². The van der Waals surface area contributed by atoms with Gasteiger partial charge in [-0.1, -0.05) is 28.1 Å². The topological polar surface area (TPSA) is 0 Å². The maximum atomic E-state index is 5.14. The van der Waals surface area contributed by atoms with Gasteiger partial charge in [-0.3, -0.25) is 0 Å². The van der Waals surface area contributed by atoms with Crippen molar-refractivity contribution in [1.82, 2.24) is 0 Å². The van der Waals surface area contributed by atoms with E-state index >= 15 is 0 Å². The first-order chi connectivity index (χ1) is 4.83. The van der Waals surface area contributed by atoms with E-state index in [0.29, 0.717) is 6.42 Å². The van der Waals surface area contributed by atoms with Crippen LogP contribution in [-0.2, 0) is 6.42 Å². The molecule has 0 atom stereocenters. The number of hydrogen-bond acceptors (Lipinski definition) is 0. The molecule has 0 N–H and O–H groups in total. The molecule has 0 unspecified atom stereocenters. The Morgan fingerprint density at radius 1 is 1.30 bits per heavy atom. The molecule has 1 heteroatoms. The third-order valence-electron chi connectivity index (χ3n) is 1.22. The van der Waals surface area contributed by atoms with Gasteiger partial charge in [0.2, 0.25) is 0 Å². The SMILES string of the molecule is C#CCc1ccc(Br)cc1. The highest BCUT2D eigenvalue weighted by Crippen LogP contribution is 2.10. The zero-order valence-electron chi connectivity index (χ0n) is 5.47. The highest BCUT2D eigenvalue weighted by atomic mass is 79.9. The van der Waals surface area contributed by atoms with Gasteiger partial charge in [0.1, 0.15) is 0 Å². The molecule has 0 nitrogen and oxygen atoms in total. The molecular weight excluding hydrogens is 188 g/mol. The van der Waals surface area contributed by atoms with Gasteiger partial charge in [0, 0.05) is 10.9 Å². The standard InChI is InChI=1S/C9H7Br/c1-2-3-8-4-6-9(10)7-5-8/h1,4-7H,3H2. The molecule has 10 heavy (non-hydrogen) atoms. The molecule has 0 bridgehead atoms. The predicted molar refractivity (Wildman–Crippen MR) is 46.7 cm³/mol. The molecule has 0 amide bonds. The maximum Gasteiger partial charge on any atom is 0.0337 e. The van der Waals surface area contributed by atoms with Crippen LogP contribution in [0.15, 0.2) is 28.7 Å².